The third kappa shape index (κ3) is 10.9. The molecular formula is C34H46O5. The van der Waals surface area contributed by atoms with Gasteiger partial charge in [0.15, 0.2) is 6.10 Å². The van der Waals surface area contributed by atoms with Crippen LogP contribution in [0.5, 0.6) is 17.2 Å². The van der Waals surface area contributed by atoms with Crippen LogP contribution in [0.3, 0.4) is 0 Å². The van der Waals surface area contributed by atoms with Crippen molar-refractivity contribution in [1.82, 2.24) is 0 Å². The largest absolute Gasteiger partial charge is 0.497 e. The van der Waals surface area contributed by atoms with E-state index in [2.05, 4.69) is 19.1 Å². The van der Waals surface area contributed by atoms with Gasteiger partial charge in [-0.25, -0.2) is 0 Å². The van der Waals surface area contributed by atoms with E-state index < -0.39 is 6.10 Å². The number of Topliss-reactive ketones (excluding diaryl/α,β-unsaturated/α-hetero) is 1. The zero-order valence-electron chi connectivity index (χ0n) is 23.9. The van der Waals surface area contributed by atoms with Crippen molar-refractivity contribution in [1.29, 1.82) is 0 Å². The molecule has 1 unspecified atom stereocenters. The minimum atomic E-state index is -0.574. The molecule has 212 valence electrons. The molecule has 5 heteroatoms. The summed E-state index contributed by atoms with van der Waals surface area (Å²) in [5.41, 5.74) is 1.53. The number of allylic oxidation sites excluding steroid dienone is 2. The minimum Gasteiger partial charge on any atom is -0.497 e. The summed E-state index contributed by atoms with van der Waals surface area (Å²) in [5.74, 6) is 1.38. The van der Waals surface area contributed by atoms with Gasteiger partial charge in [-0.1, -0.05) is 82.6 Å². The van der Waals surface area contributed by atoms with E-state index in [1.165, 1.54) is 57.8 Å². The van der Waals surface area contributed by atoms with Gasteiger partial charge in [0, 0.05) is 18.9 Å². The highest BCUT2D eigenvalue weighted by atomic mass is 16.5. The van der Waals surface area contributed by atoms with Crippen LogP contribution in [0.1, 0.15) is 113 Å². The Morgan fingerprint density at radius 3 is 2.10 bits per heavy atom. The molecule has 0 aromatic heterocycles. The van der Waals surface area contributed by atoms with Crippen molar-refractivity contribution in [3.8, 4) is 17.2 Å². The molecule has 0 radical (unpaired) electrons. The van der Waals surface area contributed by atoms with Gasteiger partial charge in [0.05, 0.1) is 12.7 Å². The van der Waals surface area contributed by atoms with Crippen LogP contribution in [-0.2, 0) is 11.2 Å². The van der Waals surface area contributed by atoms with E-state index in [4.69, 9.17) is 14.2 Å². The predicted molar refractivity (Wildman–Crippen MR) is 157 cm³/mol. The van der Waals surface area contributed by atoms with Gasteiger partial charge < -0.3 is 14.2 Å². The number of hydrogen-bond acceptors (Lipinski definition) is 5. The van der Waals surface area contributed by atoms with Crippen molar-refractivity contribution in [2.75, 3.05) is 7.11 Å². The summed E-state index contributed by atoms with van der Waals surface area (Å²) >= 11 is 0. The average Bonchev–Trinajstić information content (AvgIpc) is 3.25. The number of hydrogen-bond donors (Lipinski definition) is 0. The summed E-state index contributed by atoms with van der Waals surface area (Å²) in [6.45, 7) is 2.26. The maximum Gasteiger partial charge on any atom is 0.311 e. The molecule has 1 atom stereocenters. The lowest BCUT2D eigenvalue weighted by atomic mass is 10.0. The highest BCUT2D eigenvalue weighted by Gasteiger charge is 2.32. The van der Waals surface area contributed by atoms with Crippen molar-refractivity contribution < 1.29 is 23.8 Å². The number of methoxy groups -OCH3 is 1. The highest BCUT2D eigenvalue weighted by Crippen LogP contribution is 2.34. The van der Waals surface area contributed by atoms with Crippen molar-refractivity contribution >= 4 is 11.8 Å². The van der Waals surface area contributed by atoms with E-state index in [0.29, 0.717) is 29.9 Å². The number of rotatable bonds is 19. The summed E-state index contributed by atoms with van der Waals surface area (Å²) in [6.07, 6.45) is 20.9. The maximum atomic E-state index is 12.8. The molecule has 2 aromatic rings. The standard InChI is InChI=1S/C34H46O5/c1-3-4-5-6-7-8-9-10-11-12-13-14-15-16-17-18-33(35)38-29-23-24-30-31(26-29)39-32(34(30)36)25-27-19-21-28(37-2)22-20-27/h10-11,19-24,26,32H,3-9,12-18,25H2,1-2H3/b11-10+. The van der Waals surface area contributed by atoms with Crippen LogP contribution in [0.15, 0.2) is 54.6 Å². The van der Waals surface area contributed by atoms with Gasteiger partial charge in [-0.05, 0) is 61.9 Å². The Hall–Kier alpha value is -3.08. The third-order valence-corrected chi connectivity index (χ3v) is 7.23. The van der Waals surface area contributed by atoms with Gasteiger partial charge in [-0.15, -0.1) is 0 Å². The molecule has 2 aromatic carbocycles. The zero-order valence-corrected chi connectivity index (χ0v) is 23.9. The number of ketones is 1. The lowest BCUT2D eigenvalue weighted by Gasteiger charge is -2.10. The molecule has 0 amide bonds. The topological polar surface area (TPSA) is 61.8 Å². The second-order valence-electron chi connectivity index (χ2n) is 10.5. The Bertz CT molecular complexity index is 1040. The van der Waals surface area contributed by atoms with E-state index in [1.54, 1.807) is 25.3 Å². The van der Waals surface area contributed by atoms with Crippen LogP contribution in [-0.4, -0.2) is 25.0 Å². The highest BCUT2D eigenvalue weighted by molar-refractivity contribution is 6.04. The molecule has 1 aliphatic rings. The first-order valence-corrected chi connectivity index (χ1v) is 14.9. The number of unbranched alkanes of at least 4 members (excludes halogenated alkanes) is 11. The molecule has 0 bridgehead atoms. The second-order valence-corrected chi connectivity index (χ2v) is 10.5. The Morgan fingerprint density at radius 2 is 1.44 bits per heavy atom. The molecular weight excluding hydrogens is 488 g/mol. The fraction of sp³-hybridized carbons (Fsp3) is 0.529. The summed E-state index contributed by atoms with van der Waals surface area (Å²) in [4.78, 5) is 25.1. The second kappa shape index (κ2) is 17.5. The Morgan fingerprint density at radius 1 is 0.821 bits per heavy atom. The van der Waals surface area contributed by atoms with Gasteiger partial charge in [0.25, 0.3) is 0 Å². The number of esters is 1. The first-order chi connectivity index (χ1) is 19.1. The van der Waals surface area contributed by atoms with Gasteiger partial charge in [0.2, 0.25) is 5.78 Å². The predicted octanol–water partition coefficient (Wildman–Crippen LogP) is 8.82. The van der Waals surface area contributed by atoms with Crippen LogP contribution in [0.2, 0.25) is 0 Å². The first kappa shape index (κ1) is 30.5. The number of ether oxygens (including phenoxy) is 3. The Kier molecular flexibility index (Phi) is 13.7. The van der Waals surface area contributed by atoms with Crippen molar-refractivity contribution in [3.63, 3.8) is 0 Å². The van der Waals surface area contributed by atoms with Crippen LogP contribution >= 0.6 is 0 Å². The van der Waals surface area contributed by atoms with Crippen LogP contribution in [0, 0.1) is 0 Å². The number of fused-ring (bicyclic) bond motifs is 1. The number of carbonyl (C=O) groups is 2. The molecule has 1 heterocycles. The smallest absolute Gasteiger partial charge is 0.311 e. The van der Waals surface area contributed by atoms with Crippen LogP contribution in [0.4, 0.5) is 0 Å². The SMILES string of the molecule is CCCCCCCC/C=C/CCCCCCCC(=O)Oc1ccc2c(c1)OC(Cc1ccc(OC)cc1)C2=O. The molecule has 0 N–H and O–H groups in total. The van der Waals surface area contributed by atoms with Gasteiger partial charge in [-0.2, -0.15) is 0 Å². The van der Waals surface area contributed by atoms with E-state index in [9.17, 15) is 9.59 Å². The normalized spacial score (nSPS) is 14.4. The molecule has 0 saturated heterocycles. The molecule has 39 heavy (non-hydrogen) atoms. The van der Waals surface area contributed by atoms with Crippen molar-refractivity contribution in [3.05, 3.63) is 65.7 Å². The average molecular weight is 535 g/mol. The van der Waals surface area contributed by atoms with E-state index >= 15 is 0 Å². The first-order valence-electron chi connectivity index (χ1n) is 14.9. The summed E-state index contributed by atoms with van der Waals surface area (Å²) in [6, 6.07) is 12.6. The zero-order chi connectivity index (χ0) is 27.7. The maximum absolute atomic E-state index is 12.8. The number of carbonyl (C=O) groups excluding carboxylic acids is 2. The molecule has 0 aliphatic carbocycles. The fourth-order valence-electron chi connectivity index (χ4n) is 4.88. The fourth-order valence-corrected chi connectivity index (χ4v) is 4.88. The van der Waals surface area contributed by atoms with E-state index in [1.807, 2.05) is 24.3 Å². The molecule has 1 aliphatic heterocycles. The van der Waals surface area contributed by atoms with Crippen LogP contribution < -0.4 is 14.2 Å². The molecule has 0 fully saturated rings. The Balaban J connectivity index is 1.26. The summed E-state index contributed by atoms with van der Waals surface area (Å²) in [7, 11) is 1.62. The minimum absolute atomic E-state index is 0.0491. The summed E-state index contributed by atoms with van der Waals surface area (Å²) < 4.78 is 16.6. The van der Waals surface area contributed by atoms with Crippen LogP contribution in [0.25, 0.3) is 0 Å². The van der Waals surface area contributed by atoms with E-state index in [-0.39, 0.29) is 11.8 Å². The van der Waals surface area contributed by atoms with E-state index in [0.717, 1.165) is 37.0 Å². The Labute approximate surface area is 234 Å². The molecule has 5 nitrogen and oxygen atoms in total. The van der Waals surface area contributed by atoms with Gasteiger partial charge >= 0.3 is 5.97 Å². The lowest BCUT2D eigenvalue weighted by Crippen LogP contribution is -2.23. The molecule has 0 saturated carbocycles. The monoisotopic (exact) mass is 534 g/mol. The van der Waals surface area contributed by atoms with Crippen molar-refractivity contribution in [2.45, 2.75) is 109 Å². The number of benzene rings is 2. The third-order valence-electron chi connectivity index (χ3n) is 7.23. The van der Waals surface area contributed by atoms with Gasteiger partial charge in [-0.3, -0.25) is 9.59 Å². The van der Waals surface area contributed by atoms with Gasteiger partial charge in [0.1, 0.15) is 17.2 Å². The van der Waals surface area contributed by atoms with Crippen molar-refractivity contribution in [2.24, 2.45) is 0 Å². The lowest BCUT2D eigenvalue weighted by molar-refractivity contribution is -0.134. The molecule has 0 spiro atoms. The quantitative estimate of drug-likeness (QED) is 0.0780. The molecule has 3 rings (SSSR count). The summed E-state index contributed by atoms with van der Waals surface area (Å²) in [5, 5.41) is 0.